The normalized spacial score (nSPS) is 12.3. The molecule has 1 nitrogen and oxygen atoms in total. The highest BCUT2D eigenvalue weighted by atomic mass is 28.4. The van der Waals surface area contributed by atoms with Crippen LogP contribution < -0.4 is 0 Å². The van der Waals surface area contributed by atoms with E-state index in [1.54, 1.807) is 0 Å². The van der Waals surface area contributed by atoms with E-state index in [9.17, 15) is 0 Å². The molecule has 0 unspecified atom stereocenters. The Balaban J connectivity index is 3.26. The van der Waals surface area contributed by atoms with Gasteiger partial charge in [-0.15, -0.1) is 0 Å². The summed E-state index contributed by atoms with van der Waals surface area (Å²) in [5.74, 6) is 0. The average molecular weight is 287 g/mol. The Morgan fingerprint density at radius 3 is 1.58 bits per heavy atom. The highest BCUT2D eigenvalue weighted by Crippen LogP contribution is 2.19. The lowest BCUT2D eigenvalue weighted by Crippen LogP contribution is -2.33. The van der Waals surface area contributed by atoms with Crippen molar-refractivity contribution >= 4 is 8.32 Å². The summed E-state index contributed by atoms with van der Waals surface area (Å²) in [5, 5.41) is 0. The topological polar surface area (TPSA) is 9.23 Å². The van der Waals surface area contributed by atoms with Crippen molar-refractivity contribution in [1.82, 2.24) is 0 Å². The van der Waals surface area contributed by atoms with Crippen molar-refractivity contribution in [2.75, 3.05) is 0 Å². The maximum atomic E-state index is 6.06. The second-order valence-electron chi connectivity index (χ2n) is 6.86. The fourth-order valence-electron chi connectivity index (χ4n) is 2.74. The third-order valence-corrected chi connectivity index (χ3v) is 6.35. The van der Waals surface area contributed by atoms with Crippen molar-refractivity contribution in [3.8, 4) is 0 Å². The molecule has 0 aromatic carbocycles. The Hall–Kier alpha value is 0.177. The largest absolute Gasteiger partial charge is 0.415 e. The first-order valence-corrected chi connectivity index (χ1v) is 11.8. The maximum absolute atomic E-state index is 6.06. The van der Waals surface area contributed by atoms with Crippen LogP contribution in [0.2, 0.25) is 19.1 Å². The van der Waals surface area contributed by atoms with Gasteiger partial charge < -0.3 is 4.43 Å². The van der Waals surface area contributed by atoms with E-state index in [2.05, 4.69) is 33.9 Å². The Labute approximate surface area is 123 Å². The van der Waals surface area contributed by atoms with Crippen LogP contribution in [0, 0.1) is 0 Å². The van der Waals surface area contributed by atoms with E-state index >= 15 is 0 Å². The molecule has 0 aromatic rings. The summed E-state index contributed by atoms with van der Waals surface area (Å²) in [6.07, 6.45) is 14.7. The minimum atomic E-state index is -1.36. The van der Waals surface area contributed by atoms with Crippen molar-refractivity contribution < 1.29 is 4.43 Å². The fraction of sp³-hybridized carbons (Fsp3) is 1.00. The SMILES string of the molecule is CCCCCCCCCCCC[Si](C)(C)OC(C)C. The third kappa shape index (κ3) is 14.4. The van der Waals surface area contributed by atoms with Gasteiger partial charge in [-0.3, -0.25) is 0 Å². The lowest BCUT2D eigenvalue weighted by molar-refractivity contribution is 0.230. The van der Waals surface area contributed by atoms with E-state index in [0.717, 1.165) is 0 Å². The molecule has 0 fully saturated rings. The molecule has 0 heterocycles. The predicted molar refractivity (Wildman–Crippen MR) is 90.4 cm³/mol. The quantitative estimate of drug-likeness (QED) is 0.276. The molecule has 0 rings (SSSR count). The molecule has 2 heteroatoms. The Morgan fingerprint density at radius 2 is 1.16 bits per heavy atom. The van der Waals surface area contributed by atoms with Gasteiger partial charge in [0.25, 0.3) is 0 Å². The first kappa shape index (κ1) is 19.2. The smallest absolute Gasteiger partial charge is 0.187 e. The van der Waals surface area contributed by atoms with Gasteiger partial charge in [-0.1, -0.05) is 71.1 Å². The van der Waals surface area contributed by atoms with E-state index in [1.807, 2.05) is 0 Å². The molecule has 0 atom stereocenters. The van der Waals surface area contributed by atoms with E-state index < -0.39 is 8.32 Å². The monoisotopic (exact) mass is 286 g/mol. The standard InChI is InChI=1S/C17H38OSi/c1-6-7-8-9-10-11-12-13-14-15-16-19(4,5)18-17(2)3/h17H,6-16H2,1-5H3. The van der Waals surface area contributed by atoms with E-state index in [0.29, 0.717) is 6.10 Å². The van der Waals surface area contributed by atoms with Gasteiger partial charge >= 0.3 is 0 Å². The molecule has 0 saturated heterocycles. The second-order valence-corrected chi connectivity index (χ2v) is 11.1. The predicted octanol–water partition coefficient (Wildman–Crippen LogP) is 6.54. The van der Waals surface area contributed by atoms with Gasteiger partial charge in [0, 0.05) is 6.10 Å². The molecule has 0 spiro atoms. The van der Waals surface area contributed by atoms with Crippen LogP contribution in [0.25, 0.3) is 0 Å². The van der Waals surface area contributed by atoms with Crippen LogP contribution in [0.15, 0.2) is 0 Å². The van der Waals surface area contributed by atoms with E-state index in [1.165, 1.54) is 70.3 Å². The first-order chi connectivity index (χ1) is 8.98. The zero-order valence-electron chi connectivity index (χ0n) is 14.3. The lowest BCUT2D eigenvalue weighted by atomic mass is 10.1. The Kier molecular flexibility index (Phi) is 12.1. The molecule has 0 saturated carbocycles. The summed E-state index contributed by atoms with van der Waals surface area (Å²) in [7, 11) is -1.36. The van der Waals surface area contributed by atoms with Crippen molar-refractivity contribution in [3.05, 3.63) is 0 Å². The number of rotatable bonds is 13. The van der Waals surface area contributed by atoms with Crippen molar-refractivity contribution in [1.29, 1.82) is 0 Å². The second kappa shape index (κ2) is 12.0. The molecule has 0 aliphatic heterocycles. The zero-order chi connectivity index (χ0) is 14.6. The van der Waals surface area contributed by atoms with Crippen LogP contribution in [0.4, 0.5) is 0 Å². The summed E-state index contributed by atoms with van der Waals surface area (Å²) >= 11 is 0. The molecule has 0 bridgehead atoms. The zero-order valence-corrected chi connectivity index (χ0v) is 15.3. The summed E-state index contributed by atoms with van der Waals surface area (Å²) < 4.78 is 6.06. The molecular formula is C17H38OSi. The lowest BCUT2D eigenvalue weighted by Gasteiger charge is -2.25. The minimum Gasteiger partial charge on any atom is -0.415 e. The number of unbranched alkanes of at least 4 members (excludes halogenated alkanes) is 9. The fourth-order valence-corrected chi connectivity index (χ4v) is 5.23. The molecule has 19 heavy (non-hydrogen) atoms. The van der Waals surface area contributed by atoms with E-state index in [-0.39, 0.29) is 0 Å². The van der Waals surface area contributed by atoms with Crippen LogP contribution in [0.3, 0.4) is 0 Å². The van der Waals surface area contributed by atoms with Crippen LogP contribution >= 0.6 is 0 Å². The van der Waals surface area contributed by atoms with Crippen LogP contribution in [0.5, 0.6) is 0 Å². The van der Waals surface area contributed by atoms with Gasteiger partial charge in [0.15, 0.2) is 8.32 Å². The molecule has 0 radical (unpaired) electrons. The molecule has 0 aromatic heterocycles. The molecule has 0 aliphatic rings. The Bertz CT molecular complexity index is 190. The highest BCUT2D eigenvalue weighted by Gasteiger charge is 2.22. The molecule has 0 N–H and O–H groups in total. The van der Waals surface area contributed by atoms with E-state index in [4.69, 9.17) is 4.43 Å². The van der Waals surface area contributed by atoms with Crippen molar-refractivity contribution in [3.63, 3.8) is 0 Å². The average Bonchev–Trinajstić information content (AvgIpc) is 2.30. The van der Waals surface area contributed by atoms with Crippen molar-refractivity contribution in [2.45, 2.75) is 110 Å². The van der Waals surface area contributed by atoms with Gasteiger partial charge in [0.2, 0.25) is 0 Å². The number of hydrogen-bond donors (Lipinski definition) is 0. The molecular weight excluding hydrogens is 248 g/mol. The third-order valence-electron chi connectivity index (χ3n) is 3.69. The molecule has 0 aliphatic carbocycles. The van der Waals surface area contributed by atoms with Crippen molar-refractivity contribution in [2.24, 2.45) is 0 Å². The van der Waals surface area contributed by atoms with Gasteiger partial charge in [-0.05, 0) is 33.0 Å². The summed E-state index contributed by atoms with van der Waals surface area (Å²) in [6.45, 7) is 11.3. The molecule has 116 valence electrons. The maximum Gasteiger partial charge on any atom is 0.187 e. The van der Waals surface area contributed by atoms with Gasteiger partial charge in [0.1, 0.15) is 0 Å². The molecule has 0 amide bonds. The highest BCUT2D eigenvalue weighted by molar-refractivity contribution is 6.71. The summed E-state index contributed by atoms with van der Waals surface area (Å²) in [4.78, 5) is 0. The Morgan fingerprint density at radius 1 is 0.737 bits per heavy atom. The number of hydrogen-bond acceptors (Lipinski definition) is 1. The van der Waals surface area contributed by atoms with Gasteiger partial charge in [-0.25, -0.2) is 0 Å². The van der Waals surface area contributed by atoms with Gasteiger partial charge in [-0.2, -0.15) is 0 Å². The van der Waals surface area contributed by atoms with Crippen LogP contribution in [-0.4, -0.2) is 14.4 Å². The van der Waals surface area contributed by atoms with Crippen LogP contribution in [-0.2, 0) is 4.43 Å². The summed E-state index contributed by atoms with van der Waals surface area (Å²) in [5.41, 5.74) is 0. The van der Waals surface area contributed by atoms with Gasteiger partial charge in [0.05, 0.1) is 0 Å². The first-order valence-electron chi connectivity index (χ1n) is 8.66. The summed E-state index contributed by atoms with van der Waals surface area (Å²) in [6, 6.07) is 1.34. The minimum absolute atomic E-state index is 0.407. The van der Waals surface area contributed by atoms with Crippen LogP contribution in [0.1, 0.15) is 85.0 Å².